The van der Waals surface area contributed by atoms with Crippen molar-refractivity contribution in [2.75, 3.05) is 0 Å². The minimum Gasteiger partial charge on any atom is -0.481 e. The van der Waals surface area contributed by atoms with Gasteiger partial charge in [0, 0.05) is 25.4 Å². The molecule has 0 spiro atoms. The Bertz CT molecular complexity index is 178. The molecule has 0 saturated heterocycles. The number of rotatable bonds is 0. The first-order valence-electron chi connectivity index (χ1n) is 4.19. The molecule has 0 saturated carbocycles. The van der Waals surface area contributed by atoms with Gasteiger partial charge in [-0.25, -0.2) is 0 Å². The Morgan fingerprint density at radius 1 is 1.21 bits per heavy atom. The van der Waals surface area contributed by atoms with Crippen LogP contribution < -0.4 is 0 Å². The summed E-state index contributed by atoms with van der Waals surface area (Å²) in [5, 5.41) is 15.5. The van der Waals surface area contributed by atoms with Crippen LogP contribution in [-0.4, -0.2) is 27.3 Å². The lowest BCUT2D eigenvalue weighted by Gasteiger charge is -1.80. The molecule has 0 aromatic carbocycles. The summed E-state index contributed by atoms with van der Waals surface area (Å²) in [4.78, 5) is 12.8. The molecule has 4 heteroatoms. The van der Waals surface area contributed by atoms with Gasteiger partial charge in [-0.2, -0.15) is 0 Å². The summed E-state index contributed by atoms with van der Waals surface area (Å²) in [5.41, 5.74) is 0. The van der Waals surface area contributed by atoms with Crippen molar-refractivity contribution in [2.24, 2.45) is 0 Å². The summed E-state index contributed by atoms with van der Waals surface area (Å²) in [5.74, 6) is -0.833. The number of carboxylic acids is 1. The zero-order valence-electron chi connectivity index (χ0n) is 8.71. The van der Waals surface area contributed by atoms with Crippen molar-refractivity contribution in [1.29, 1.82) is 0 Å². The van der Waals surface area contributed by atoms with E-state index in [2.05, 4.69) is 4.98 Å². The topological polar surface area (TPSA) is 70.4 Å². The maximum atomic E-state index is 9.00. The monoisotopic (exact) mass is 199 g/mol. The Labute approximate surface area is 84.2 Å². The molecule has 1 rings (SSSR count). The van der Waals surface area contributed by atoms with E-state index >= 15 is 0 Å². The predicted molar refractivity (Wildman–Crippen MR) is 54.9 cm³/mol. The number of aliphatic hydroxyl groups excluding tert-OH is 1. The number of aromatic nitrogens is 1. The molecule has 4 nitrogen and oxygen atoms in total. The van der Waals surface area contributed by atoms with Gasteiger partial charge in [0.1, 0.15) is 0 Å². The number of hydrogen-bond donors (Lipinski definition) is 2. The van der Waals surface area contributed by atoms with E-state index in [0.717, 1.165) is 6.92 Å². The number of nitrogens with zero attached hydrogens (tertiary/aromatic N) is 1. The Balaban J connectivity index is 0. The van der Waals surface area contributed by atoms with Crippen molar-refractivity contribution in [3.8, 4) is 0 Å². The lowest BCUT2D eigenvalue weighted by atomic mass is 10.5. The van der Waals surface area contributed by atoms with Crippen molar-refractivity contribution in [3.05, 3.63) is 30.6 Å². The molecule has 0 amide bonds. The molecule has 0 bridgehead atoms. The highest BCUT2D eigenvalue weighted by Crippen LogP contribution is 1.73. The molecule has 2 N–H and O–H groups in total. The van der Waals surface area contributed by atoms with Crippen LogP contribution in [-0.2, 0) is 4.79 Å². The zero-order valence-corrected chi connectivity index (χ0v) is 8.71. The third-order valence-electron chi connectivity index (χ3n) is 0.566. The van der Waals surface area contributed by atoms with Crippen LogP contribution in [0.15, 0.2) is 30.6 Å². The molecule has 1 aromatic rings. The van der Waals surface area contributed by atoms with Crippen LogP contribution in [0, 0.1) is 0 Å². The van der Waals surface area contributed by atoms with E-state index in [9.17, 15) is 0 Å². The SMILES string of the molecule is CC(=O)O.CC(C)O.c1ccncc1. The van der Waals surface area contributed by atoms with Crippen molar-refractivity contribution in [3.63, 3.8) is 0 Å². The van der Waals surface area contributed by atoms with Gasteiger partial charge in [0.15, 0.2) is 0 Å². The lowest BCUT2D eigenvalue weighted by Crippen LogP contribution is -1.85. The van der Waals surface area contributed by atoms with E-state index in [1.807, 2.05) is 18.2 Å². The van der Waals surface area contributed by atoms with E-state index in [1.54, 1.807) is 26.2 Å². The number of aliphatic hydroxyl groups is 1. The second-order valence-corrected chi connectivity index (χ2v) is 2.64. The van der Waals surface area contributed by atoms with Gasteiger partial charge in [0.05, 0.1) is 0 Å². The molecular weight excluding hydrogens is 182 g/mol. The Kier molecular flexibility index (Phi) is 12.5. The van der Waals surface area contributed by atoms with Crippen molar-refractivity contribution >= 4 is 5.97 Å². The van der Waals surface area contributed by atoms with Crippen LogP contribution in [0.3, 0.4) is 0 Å². The molecule has 0 aliphatic rings. The maximum Gasteiger partial charge on any atom is 0.300 e. The van der Waals surface area contributed by atoms with Gasteiger partial charge < -0.3 is 10.2 Å². The summed E-state index contributed by atoms with van der Waals surface area (Å²) in [6.45, 7) is 4.53. The molecule has 1 heterocycles. The summed E-state index contributed by atoms with van der Waals surface area (Å²) in [6, 6.07) is 5.72. The minimum absolute atomic E-state index is 0.167. The summed E-state index contributed by atoms with van der Waals surface area (Å²) in [6.07, 6.45) is 3.33. The first kappa shape index (κ1) is 15.1. The normalized spacial score (nSPS) is 7.79. The van der Waals surface area contributed by atoms with E-state index in [0.29, 0.717) is 0 Å². The van der Waals surface area contributed by atoms with Crippen LogP contribution in [0.25, 0.3) is 0 Å². The molecule has 0 aliphatic carbocycles. The highest BCUT2D eigenvalue weighted by Gasteiger charge is 1.69. The second-order valence-electron chi connectivity index (χ2n) is 2.64. The summed E-state index contributed by atoms with van der Waals surface area (Å²) >= 11 is 0. The van der Waals surface area contributed by atoms with E-state index in [1.165, 1.54) is 0 Å². The average Bonchev–Trinajstić information content (AvgIpc) is 2.05. The largest absolute Gasteiger partial charge is 0.481 e. The van der Waals surface area contributed by atoms with Gasteiger partial charge in [-0.05, 0) is 26.0 Å². The molecule has 0 aliphatic heterocycles. The minimum atomic E-state index is -0.833. The van der Waals surface area contributed by atoms with E-state index in [-0.39, 0.29) is 6.10 Å². The zero-order chi connectivity index (χ0) is 11.4. The number of hydrogen-bond acceptors (Lipinski definition) is 3. The van der Waals surface area contributed by atoms with E-state index < -0.39 is 5.97 Å². The second kappa shape index (κ2) is 11.6. The van der Waals surface area contributed by atoms with Gasteiger partial charge in [-0.3, -0.25) is 9.78 Å². The fraction of sp³-hybridized carbons (Fsp3) is 0.400. The van der Waals surface area contributed by atoms with Crippen LogP contribution >= 0.6 is 0 Å². The third-order valence-corrected chi connectivity index (χ3v) is 0.566. The number of pyridine rings is 1. The smallest absolute Gasteiger partial charge is 0.300 e. The standard InChI is InChI=1S/C5H5N.C3H8O.C2H4O2/c1-2-4-6-5-3-1;1-3(2)4;1-2(3)4/h1-5H;3-4H,1-2H3;1H3,(H,3,4). The first-order valence-corrected chi connectivity index (χ1v) is 4.19. The Morgan fingerprint density at radius 3 is 1.57 bits per heavy atom. The van der Waals surface area contributed by atoms with Gasteiger partial charge >= 0.3 is 0 Å². The van der Waals surface area contributed by atoms with Gasteiger partial charge in [-0.1, -0.05) is 6.07 Å². The van der Waals surface area contributed by atoms with Crippen molar-refractivity contribution in [1.82, 2.24) is 4.98 Å². The number of aliphatic carboxylic acids is 1. The molecule has 0 fully saturated rings. The summed E-state index contributed by atoms with van der Waals surface area (Å²) < 4.78 is 0. The van der Waals surface area contributed by atoms with E-state index in [4.69, 9.17) is 15.0 Å². The Morgan fingerprint density at radius 2 is 1.50 bits per heavy atom. The quantitative estimate of drug-likeness (QED) is 0.665. The van der Waals surface area contributed by atoms with Gasteiger partial charge in [-0.15, -0.1) is 0 Å². The van der Waals surface area contributed by atoms with Gasteiger partial charge in [0.25, 0.3) is 5.97 Å². The van der Waals surface area contributed by atoms with Crippen LogP contribution in [0.5, 0.6) is 0 Å². The lowest BCUT2D eigenvalue weighted by molar-refractivity contribution is -0.134. The van der Waals surface area contributed by atoms with Crippen LogP contribution in [0.1, 0.15) is 20.8 Å². The molecular formula is C10H17NO3. The number of carboxylic acid groups (broad SMARTS) is 1. The highest BCUT2D eigenvalue weighted by atomic mass is 16.4. The Hall–Kier alpha value is -1.42. The van der Waals surface area contributed by atoms with Crippen molar-refractivity contribution < 1.29 is 15.0 Å². The predicted octanol–water partition coefficient (Wildman–Crippen LogP) is 1.56. The fourth-order valence-electron chi connectivity index (χ4n) is 0.313. The van der Waals surface area contributed by atoms with Gasteiger partial charge in [0.2, 0.25) is 0 Å². The van der Waals surface area contributed by atoms with Crippen LogP contribution in [0.2, 0.25) is 0 Å². The maximum absolute atomic E-state index is 9.00. The molecule has 0 radical (unpaired) electrons. The first-order chi connectivity index (χ1) is 6.46. The number of carbonyl (C=O) groups is 1. The summed E-state index contributed by atoms with van der Waals surface area (Å²) in [7, 11) is 0. The molecule has 80 valence electrons. The third kappa shape index (κ3) is 46.3. The molecule has 1 aromatic heterocycles. The molecule has 0 atom stereocenters. The fourth-order valence-corrected chi connectivity index (χ4v) is 0.313. The average molecular weight is 199 g/mol. The molecule has 0 unspecified atom stereocenters. The molecule has 14 heavy (non-hydrogen) atoms. The van der Waals surface area contributed by atoms with Crippen LogP contribution in [0.4, 0.5) is 0 Å². The van der Waals surface area contributed by atoms with Crippen molar-refractivity contribution in [2.45, 2.75) is 26.9 Å². The highest BCUT2D eigenvalue weighted by molar-refractivity contribution is 5.62.